The van der Waals surface area contributed by atoms with Crippen LogP contribution >= 0.6 is 11.3 Å². The fraction of sp³-hybridized carbons (Fsp3) is 0.200. The molecule has 3 aromatic rings. The summed E-state index contributed by atoms with van der Waals surface area (Å²) in [7, 11) is -7.80. The van der Waals surface area contributed by atoms with Crippen molar-refractivity contribution in [2.75, 3.05) is 6.54 Å². The molecular formula is C20H20FNO4S3. The van der Waals surface area contributed by atoms with Gasteiger partial charge >= 0.3 is 0 Å². The van der Waals surface area contributed by atoms with E-state index in [4.69, 9.17) is 0 Å². The average Bonchev–Trinajstić information content (AvgIpc) is 3.21. The van der Waals surface area contributed by atoms with Crippen LogP contribution in [0.4, 0.5) is 4.39 Å². The highest BCUT2D eigenvalue weighted by molar-refractivity contribution is 7.93. The van der Waals surface area contributed by atoms with E-state index < -0.39 is 30.9 Å². The van der Waals surface area contributed by atoms with Crippen LogP contribution in [0.25, 0.3) is 0 Å². The molecule has 5 nitrogen and oxygen atoms in total. The maximum Gasteiger partial charge on any atom is 0.240 e. The molecule has 0 amide bonds. The van der Waals surface area contributed by atoms with Gasteiger partial charge in [0.25, 0.3) is 0 Å². The number of halogens is 1. The van der Waals surface area contributed by atoms with E-state index in [1.54, 1.807) is 30.5 Å². The Morgan fingerprint density at radius 2 is 1.66 bits per heavy atom. The third-order valence-corrected chi connectivity index (χ3v) is 9.59. The normalized spacial score (nSPS) is 13.3. The minimum absolute atomic E-state index is 0.0620. The van der Waals surface area contributed by atoms with Crippen molar-refractivity contribution in [2.45, 2.75) is 28.2 Å². The molecule has 1 aromatic heterocycles. The number of nitrogens with one attached hydrogen (secondary N) is 1. The number of aryl methyl sites for hydroxylation is 2. The molecule has 154 valence electrons. The van der Waals surface area contributed by atoms with Gasteiger partial charge in [-0.3, -0.25) is 0 Å². The van der Waals surface area contributed by atoms with Gasteiger partial charge < -0.3 is 0 Å². The molecule has 0 unspecified atom stereocenters. The van der Waals surface area contributed by atoms with Crippen molar-refractivity contribution in [3.05, 3.63) is 82.5 Å². The summed E-state index contributed by atoms with van der Waals surface area (Å²) in [6, 6.07) is 12.8. The molecule has 0 fully saturated rings. The lowest BCUT2D eigenvalue weighted by molar-refractivity contribution is 0.569. The predicted octanol–water partition coefficient (Wildman–Crippen LogP) is 4.00. The Bertz CT molecular complexity index is 1200. The van der Waals surface area contributed by atoms with E-state index in [0.29, 0.717) is 5.56 Å². The van der Waals surface area contributed by atoms with Gasteiger partial charge in [-0.05, 0) is 66.2 Å². The minimum Gasteiger partial charge on any atom is -0.222 e. The smallest absolute Gasteiger partial charge is 0.222 e. The zero-order chi connectivity index (χ0) is 21.2. The zero-order valence-electron chi connectivity index (χ0n) is 15.8. The summed E-state index contributed by atoms with van der Waals surface area (Å²) in [5.74, 6) is -0.503. The molecule has 0 bridgehead atoms. The van der Waals surface area contributed by atoms with Gasteiger partial charge in [-0.15, -0.1) is 11.3 Å². The van der Waals surface area contributed by atoms with Crippen molar-refractivity contribution in [3.63, 3.8) is 0 Å². The van der Waals surface area contributed by atoms with E-state index >= 15 is 0 Å². The van der Waals surface area contributed by atoms with Crippen LogP contribution in [0.1, 0.15) is 21.9 Å². The van der Waals surface area contributed by atoms with Gasteiger partial charge in [-0.1, -0.05) is 24.3 Å². The third-order valence-electron chi connectivity index (χ3n) is 4.64. The quantitative estimate of drug-likeness (QED) is 0.586. The summed E-state index contributed by atoms with van der Waals surface area (Å²) < 4.78 is 67.6. The molecule has 3 rings (SSSR count). The van der Waals surface area contributed by atoms with Crippen molar-refractivity contribution in [1.29, 1.82) is 0 Å². The molecule has 1 heterocycles. The Labute approximate surface area is 174 Å². The monoisotopic (exact) mass is 453 g/mol. The SMILES string of the molecule is Cc1ccc(S(=O)(=O)NC[C@H](c2ccc(F)cc2)S(=O)(=O)c2cccs2)cc1C. The van der Waals surface area contributed by atoms with Gasteiger partial charge in [0, 0.05) is 6.54 Å². The van der Waals surface area contributed by atoms with E-state index in [0.717, 1.165) is 34.6 Å². The molecule has 0 spiro atoms. The van der Waals surface area contributed by atoms with Crippen molar-refractivity contribution in [1.82, 2.24) is 4.72 Å². The van der Waals surface area contributed by atoms with Crippen LogP contribution < -0.4 is 4.72 Å². The fourth-order valence-corrected chi connectivity index (χ4v) is 6.90. The number of sulfone groups is 1. The summed E-state index contributed by atoms with van der Waals surface area (Å²) >= 11 is 1.05. The lowest BCUT2D eigenvalue weighted by atomic mass is 10.1. The van der Waals surface area contributed by atoms with Crippen molar-refractivity contribution < 1.29 is 21.2 Å². The number of benzene rings is 2. The second kappa shape index (κ2) is 8.35. The van der Waals surface area contributed by atoms with Crippen molar-refractivity contribution >= 4 is 31.2 Å². The first-order valence-corrected chi connectivity index (χ1v) is 12.6. The highest BCUT2D eigenvalue weighted by atomic mass is 32.2. The van der Waals surface area contributed by atoms with Gasteiger partial charge in [-0.25, -0.2) is 25.9 Å². The Morgan fingerprint density at radius 1 is 0.966 bits per heavy atom. The van der Waals surface area contributed by atoms with E-state index in [-0.39, 0.29) is 15.6 Å². The van der Waals surface area contributed by atoms with Crippen LogP contribution in [0.3, 0.4) is 0 Å². The lowest BCUT2D eigenvalue weighted by Crippen LogP contribution is -2.32. The summed E-state index contributed by atoms with van der Waals surface area (Å²) in [4.78, 5) is 0.0620. The Balaban J connectivity index is 1.95. The van der Waals surface area contributed by atoms with Crippen LogP contribution in [0.15, 0.2) is 69.1 Å². The molecule has 29 heavy (non-hydrogen) atoms. The van der Waals surface area contributed by atoms with Crippen LogP contribution in [0.5, 0.6) is 0 Å². The molecule has 0 saturated carbocycles. The standard InChI is InChI=1S/C20H20FNO4S3/c1-14-5-10-18(12-15(14)2)29(25,26)22-13-19(16-6-8-17(21)9-7-16)28(23,24)20-4-3-11-27-20/h3-12,19,22H,13H2,1-2H3/t19-/m1/s1. The fourth-order valence-electron chi connectivity index (χ4n) is 2.80. The third kappa shape index (κ3) is 4.75. The molecule has 0 aliphatic rings. The van der Waals surface area contributed by atoms with Crippen molar-refractivity contribution in [3.8, 4) is 0 Å². The van der Waals surface area contributed by atoms with Gasteiger partial charge in [0.05, 0.1) is 4.90 Å². The van der Waals surface area contributed by atoms with Gasteiger partial charge in [0.1, 0.15) is 15.3 Å². The minimum atomic E-state index is -3.92. The average molecular weight is 454 g/mol. The molecule has 0 radical (unpaired) electrons. The first-order valence-electron chi connectivity index (χ1n) is 8.71. The largest absolute Gasteiger partial charge is 0.240 e. The number of hydrogen-bond donors (Lipinski definition) is 1. The number of rotatable bonds is 7. The second-order valence-electron chi connectivity index (χ2n) is 6.62. The first-order chi connectivity index (χ1) is 13.6. The molecule has 1 N–H and O–H groups in total. The molecule has 0 aliphatic carbocycles. The Hall–Kier alpha value is -2.07. The van der Waals surface area contributed by atoms with E-state index in [1.165, 1.54) is 24.3 Å². The summed E-state index contributed by atoms with van der Waals surface area (Å²) in [6.07, 6.45) is 0. The van der Waals surface area contributed by atoms with Crippen LogP contribution in [-0.4, -0.2) is 23.4 Å². The number of hydrogen-bond acceptors (Lipinski definition) is 5. The predicted molar refractivity (Wildman–Crippen MR) is 112 cm³/mol. The van der Waals surface area contributed by atoms with Gasteiger partial charge in [0.2, 0.25) is 10.0 Å². The zero-order valence-corrected chi connectivity index (χ0v) is 18.2. The highest BCUT2D eigenvalue weighted by Crippen LogP contribution is 2.31. The van der Waals surface area contributed by atoms with Crippen molar-refractivity contribution in [2.24, 2.45) is 0 Å². The molecule has 9 heteroatoms. The number of thiophene rings is 1. The topological polar surface area (TPSA) is 80.3 Å². The van der Waals surface area contributed by atoms with Gasteiger partial charge in [0.15, 0.2) is 9.84 Å². The summed E-state index contributed by atoms with van der Waals surface area (Å²) in [5.41, 5.74) is 2.07. The lowest BCUT2D eigenvalue weighted by Gasteiger charge is -2.18. The number of sulfonamides is 1. The summed E-state index contributed by atoms with van der Waals surface area (Å²) in [5, 5.41) is 0.441. The Morgan fingerprint density at radius 3 is 2.24 bits per heavy atom. The first kappa shape index (κ1) is 21.6. The molecule has 0 saturated heterocycles. The second-order valence-corrected chi connectivity index (χ2v) is 11.7. The molecular weight excluding hydrogens is 433 g/mol. The maximum absolute atomic E-state index is 13.3. The highest BCUT2D eigenvalue weighted by Gasteiger charge is 2.31. The van der Waals surface area contributed by atoms with Crippen LogP contribution in [0, 0.1) is 19.7 Å². The van der Waals surface area contributed by atoms with Crippen LogP contribution in [0.2, 0.25) is 0 Å². The van der Waals surface area contributed by atoms with Crippen LogP contribution in [-0.2, 0) is 19.9 Å². The van der Waals surface area contributed by atoms with E-state index in [9.17, 15) is 21.2 Å². The Kier molecular flexibility index (Phi) is 6.23. The molecule has 2 aromatic carbocycles. The van der Waals surface area contributed by atoms with Gasteiger partial charge in [-0.2, -0.15) is 0 Å². The maximum atomic E-state index is 13.3. The molecule has 0 aliphatic heterocycles. The summed E-state index contributed by atoms with van der Waals surface area (Å²) in [6.45, 7) is 3.30. The van der Waals surface area contributed by atoms with E-state index in [1.807, 2.05) is 6.92 Å². The van der Waals surface area contributed by atoms with E-state index in [2.05, 4.69) is 4.72 Å². The molecule has 1 atom stereocenters.